The normalized spacial score (nSPS) is 10.3. The summed E-state index contributed by atoms with van der Waals surface area (Å²) in [4.78, 5) is 10.8. The number of hydrogen-bond acceptors (Lipinski definition) is 5. The van der Waals surface area contributed by atoms with Crippen molar-refractivity contribution in [1.29, 1.82) is 10.7 Å². The van der Waals surface area contributed by atoms with Gasteiger partial charge in [0.05, 0.1) is 23.9 Å². The molecule has 0 saturated heterocycles. The maximum atomic E-state index is 12.1. The molecule has 2 aromatic heterocycles. The standard InChI is InChI=1S/C15H12F3N3O2S.CH4N2/c16-15(17,18)14(22)20-4-2-5-21-11(9-24)7-10(8-19)13(21)12-3-1-6-23-12;2-1-3/h1,3,6-7,9H,2,4-5H2,(H,20,22);1H,(H3,2,3). The van der Waals surface area contributed by atoms with Crippen LogP contribution < -0.4 is 11.1 Å². The Morgan fingerprint density at radius 3 is 2.67 bits per heavy atom. The molecule has 0 saturated carbocycles. The van der Waals surface area contributed by atoms with Gasteiger partial charge in [0.15, 0.2) is 5.76 Å². The first-order valence-electron chi connectivity index (χ1n) is 7.48. The van der Waals surface area contributed by atoms with Gasteiger partial charge in [-0.25, -0.2) is 0 Å². The maximum absolute atomic E-state index is 12.1. The van der Waals surface area contributed by atoms with Crippen LogP contribution in [0.15, 0.2) is 28.9 Å². The Labute approximate surface area is 158 Å². The second-order valence-electron chi connectivity index (χ2n) is 4.96. The van der Waals surface area contributed by atoms with E-state index in [1.54, 1.807) is 28.1 Å². The van der Waals surface area contributed by atoms with Crippen LogP contribution in [0.3, 0.4) is 0 Å². The van der Waals surface area contributed by atoms with E-state index >= 15 is 0 Å². The first kappa shape index (κ1) is 21.9. The molecule has 27 heavy (non-hydrogen) atoms. The number of alkyl halides is 3. The third kappa shape index (κ3) is 5.96. The predicted octanol–water partition coefficient (Wildman–Crippen LogP) is 2.59. The fraction of sp³-hybridized carbons (Fsp3) is 0.250. The van der Waals surface area contributed by atoms with E-state index in [2.05, 4.69) is 5.73 Å². The van der Waals surface area contributed by atoms with Gasteiger partial charge in [-0.05, 0) is 24.6 Å². The summed E-state index contributed by atoms with van der Waals surface area (Å²) in [7, 11) is 0. The summed E-state index contributed by atoms with van der Waals surface area (Å²) in [6.07, 6.45) is -2.47. The topological polar surface area (TPSA) is 121 Å². The van der Waals surface area contributed by atoms with Crippen LogP contribution in [0.1, 0.15) is 17.7 Å². The number of thiocarbonyl (C=S) groups is 1. The molecular formula is C16H16F3N5O2S. The Kier molecular flexibility index (Phi) is 8.22. The number of rotatable bonds is 6. The number of nitriles is 1. The molecule has 2 rings (SSSR count). The fourth-order valence-corrected chi connectivity index (χ4v) is 2.41. The molecule has 0 unspecified atom stereocenters. The van der Waals surface area contributed by atoms with Crippen LogP contribution >= 0.6 is 12.2 Å². The highest BCUT2D eigenvalue weighted by molar-refractivity contribution is 7.79. The average Bonchev–Trinajstić information content (AvgIpc) is 3.25. The van der Waals surface area contributed by atoms with Crippen molar-refractivity contribution >= 4 is 29.8 Å². The number of nitrogens with zero attached hydrogens (tertiary/aromatic N) is 2. The lowest BCUT2D eigenvalue weighted by molar-refractivity contribution is -0.173. The Morgan fingerprint density at radius 2 is 2.19 bits per heavy atom. The van der Waals surface area contributed by atoms with E-state index in [1.807, 2.05) is 6.07 Å². The number of nitrogens with one attached hydrogen (secondary N) is 2. The highest BCUT2D eigenvalue weighted by Crippen LogP contribution is 2.27. The van der Waals surface area contributed by atoms with Crippen LogP contribution in [0.2, 0.25) is 0 Å². The summed E-state index contributed by atoms with van der Waals surface area (Å²) in [6.45, 7) is 0.102. The van der Waals surface area contributed by atoms with E-state index in [9.17, 15) is 23.2 Å². The zero-order chi connectivity index (χ0) is 20.4. The van der Waals surface area contributed by atoms with Crippen LogP contribution in [0.25, 0.3) is 11.5 Å². The van der Waals surface area contributed by atoms with E-state index < -0.39 is 12.1 Å². The van der Waals surface area contributed by atoms with Crippen molar-refractivity contribution in [3.8, 4) is 17.5 Å². The van der Waals surface area contributed by atoms with Gasteiger partial charge in [0.1, 0.15) is 11.8 Å². The second-order valence-corrected chi connectivity index (χ2v) is 5.20. The van der Waals surface area contributed by atoms with Crippen LogP contribution in [0.4, 0.5) is 13.2 Å². The Hall–Kier alpha value is -3.13. The first-order chi connectivity index (χ1) is 12.8. The van der Waals surface area contributed by atoms with Gasteiger partial charge in [0.2, 0.25) is 0 Å². The summed E-state index contributed by atoms with van der Waals surface area (Å²) < 4.78 is 43.4. The third-order valence-corrected chi connectivity index (χ3v) is 3.47. The highest BCUT2D eigenvalue weighted by Gasteiger charge is 2.38. The van der Waals surface area contributed by atoms with Crippen molar-refractivity contribution in [1.82, 2.24) is 9.88 Å². The molecule has 2 aromatic rings. The molecule has 0 fully saturated rings. The summed E-state index contributed by atoms with van der Waals surface area (Å²) >= 11 is 4.92. The molecule has 0 aromatic carbocycles. The van der Waals surface area contributed by atoms with Crippen molar-refractivity contribution in [2.75, 3.05) is 6.54 Å². The van der Waals surface area contributed by atoms with Gasteiger partial charge >= 0.3 is 12.1 Å². The van der Waals surface area contributed by atoms with Gasteiger partial charge in [-0.15, -0.1) is 0 Å². The molecule has 0 bridgehead atoms. The first-order valence-corrected chi connectivity index (χ1v) is 7.95. The van der Waals surface area contributed by atoms with E-state index in [1.165, 1.54) is 11.6 Å². The molecule has 0 aliphatic carbocycles. The van der Waals surface area contributed by atoms with Gasteiger partial charge in [-0.1, -0.05) is 12.2 Å². The molecule has 0 radical (unpaired) electrons. The fourth-order valence-electron chi connectivity index (χ4n) is 2.21. The lowest BCUT2D eigenvalue weighted by Crippen LogP contribution is -2.37. The molecule has 2 heterocycles. The van der Waals surface area contributed by atoms with E-state index in [-0.39, 0.29) is 19.5 Å². The zero-order valence-corrected chi connectivity index (χ0v) is 14.7. The minimum atomic E-state index is -4.90. The summed E-state index contributed by atoms with van der Waals surface area (Å²) in [5, 5.41) is 18.3. The monoisotopic (exact) mass is 399 g/mol. The van der Waals surface area contributed by atoms with Crippen LogP contribution in [0.5, 0.6) is 0 Å². The van der Waals surface area contributed by atoms with Crippen molar-refractivity contribution in [2.24, 2.45) is 5.73 Å². The predicted molar refractivity (Wildman–Crippen MR) is 96.3 cm³/mol. The Morgan fingerprint density at radius 1 is 1.52 bits per heavy atom. The number of carbonyl (C=O) groups is 1. The van der Waals surface area contributed by atoms with Crippen LogP contribution in [-0.2, 0) is 11.3 Å². The van der Waals surface area contributed by atoms with Crippen molar-refractivity contribution in [2.45, 2.75) is 19.1 Å². The van der Waals surface area contributed by atoms with Crippen LogP contribution in [-0.4, -0.2) is 34.9 Å². The Balaban J connectivity index is 0.00000114. The molecule has 0 aliphatic heterocycles. The maximum Gasteiger partial charge on any atom is 0.471 e. The van der Waals surface area contributed by atoms with E-state index in [4.69, 9.17) is 22.0 Å². The van der Waals surface area contributed by atoms with Gasteiger partial charge < -0.3 is 20.0 Å². The third-order valence-electron chi connectivity index (χ3n) is 3.23. The summed E-state index contributed by atoms with van der Waals surface area (Å²) in [6, 6.07) is 6.96. The number of furan rings is 1. The number of amides is 1. The largest absolute Gasteiger partial charge is 0.471 e. The molecule has 144 valence electrons. The van der Waals surface area contributed by atoms with Gasteiger partial charge in [-0.2, -0.15) is 18.4 Å². The molecule has 4 N–H and O–H groups in total. The number of aromatic nitrogens is 1. The lowest BCUT2D eigenvalue weighted by atomic mass is 10.2. The van der Waals surface area contributed by atoms with Gasteiger partial charge in [-0.3, -0.25) is 10.2 Å². The van der Waals surface area contributed by atoms with Crippen molar-refractivity contribution in [3.05, 3.63) is 35.7 Å². The van der Waals surface area contributed by atoms with Gasteiger partial charge in [0.25, 0.3) is 0 Å². The minimum absolute atomic E-state index is 0.160. The van der Waals surface area contributed by atoms with E-state index in [0.29, 0.717) is 22.7 Å². The van der Waals surface area contributed by atoms with Crippen LogP contribution in [0, 0.1) is 16.7 Å². The van der Waals surface area contributed by atoms with Crippen molar-refractivity contribution in [3.63, 3.8) is 0 Å². The van der Waals surface area contributed by atoms with Crippen molar-refractivity contribution < 1.29 is 22.4 Å². The molecule has 0 aliphatic rings. The SMILES string of the molecule is N#Cc1cc(C=S)n(CCCNC(=O)C(F)(F)F)c1-c1ccco1.N=CN. The smallest absolute Gasteiger partial charge is 0.463 e. The lowest BCUT2D eigenvalue weighted by Gasteiger charge is -2.12. The molecule has 11 heteroatoms. The average molecular weight is 399 g/mol. The molecule has 0 spiro atoms. The minimum Gasteiger partial charge on any atom is -0.463 e. The number of nitrogens with two attached hydrogens (primary N) is 1. The van der Waals surface area contributed by atoms with E-state index in [0.717, 1.165) is 6.34 Å². The number of carbonyl (C=O) groups excluding carboxylic acids is 1. The second kappa shape index (κ2) is 10.1. The molecule has 0 atom stereocenters. The molecule has 7 nitrogen and oxygen atoms in total. The molecule has 1 amide bonds. The summed E-state index contributed by atoms with van der Waals surface area (Å²) in [5.41, 5.74) is 5.80. The zero-order valence-electron chi connectivity index (χ0n) is 13.9. The highest BCUT2D eigenvalue weighted by atomic mass is 32.1. The Bertz CT molecular complexity index is 822. The quantitative estimate of drug-likeness (QED) is 0.298. The van der Waals surface area contributed by atoms with Gasteiger partial charge in [0, 0.05) is 18.5 Å². The summed E-state index contributed by atoms with van der Waals surface area (Å²) in [5.74, 6) is -1.52. The number of halogens is 3. The number of hydrogen-bond donors (Lipinski definition) is 3. The molecular weight excluding hydrogens is 383 g/mol.